The van der Waals surface area contributed by atoms with E-state index in [4.69, 9.17) is 4.74 Å². The molecule has 0 aliphatic carbocycles. The van der Waals surface area contributed by atoms with Gasteiger partial charge < -0.3 is 9.64 Å². The summed E-state index contributed by atoms with van der Waals surface area (Å²) >= 11 is 0. The largest absolute Gasteiger partial charge is 0.487 e. The standard InChI is InChI=1S/C22H28N4O4S/c1-16(2)7-14-26-18-8-12-25(22(27)17-15-23-10-11-24-17)13-9-19(18)30-20-5-3-4-6-21(20)31(26,28)29/h3-6,10-11,15-16,18-19H,7-9,12-14H2,1-2H3/t18-,19-/m0/s1. The summed E-state index contributed by atoms with van der Waals surface area (Å²) in [5, 5.41) is 0. The van der Waals surface area contributed by atoms with E-state index in [1.807, 2.05) is 0 Å². The summed E-state index contributed by atoms with van der Waals surface area (Å²) in [4.78, 5) is 22.9. The van der Waals surface area contributed by atoms with Crippen LogP contribution in [0.2, 0.25) is 0 Å². The first-order chi connectivity index (χ1) is 14.9. The molecule has 2 aromatic rings. The number of hydrogen-bond donors (Lipinski definition) is 0. The molecule has 3 heterocycles. The number of carbonyl (C=O) groups is 1. The molecular weight excluding hydrogens is 416 g/mol. The Labute approximate surface area is 183 Å². The molecule has 0 radical (unpaired) electrons. The zero-order valence-corrected chi connectivity index (χ0v) is 18.7. The number of para-hydroxylation sites is 1. The fourth-order valence-corrected chi connectivity index (χ4v) is 6.02. The molecule has 2 aliphatic rings. The number of rotatable bonds is 4. The van der Waals surface area contributed by atoms with Crippen molar-refractivity contribution in [1.82, 2.24) is 19.2 Å². The van der Waals surface area contributed by atoms with Gasteiger partial charge in [0.15, 0.2) is 0 Å². The quantitative estimate of drug-likeness (QED) is 0.720. The summed E-state index contributed by atoms with van der Waals surface area (Å²) < 4.78 is 35.0. The van der Waals surface area contributed by atoms with Crippen LogP contribution in [0.25, 0.3) is 0 Å². The third-order valence-corrected chi connectivity index (χ3v) is 7.85. The molecule has 2 atom stereocenters. The highest BCUT2D eigenvalue weighted by molar-refractivity contribution is 7.89. The number of likely N-dealkylation sites (tertiary alicyclic amines) is 1. The van der Waals surface area contributed by atoms with E-state index < -0.39 is 10.0 Å². The number of benzene rings is 1. The Bertz CT molecular complexity index is 1030. The second kappa shape index (κ2) is 8.92. The van der Waals surface area contributed by atoms with E-state index in [0.717, 1.165) is 6.42 Å². The second-order valence-electron chi connectivity index (χ2n) is 8.43. The molecule has 9 heteroatoms. The summed E-state index contributed by atoms with van der Waals surface area (Å²) in [5.74, 6) is 0.563. The summed E-state index contributed by atoms with van der Waals surface area (Å²) in [7, 11) is -3.71. The topological polar surface area (TPSA) is 92.7 Å². The molecule has 1 saturated heterocycles. The van der Waals surface area contributed by atoms with Gasteiger partial charge in [-0.3, -0.25) is 9.78 Å². The minimum absolute atomic E-state index is 0.193. The smallest absolute Gasteiger partial charge is 0.274 e. The highest BCUT2D eigenvalue weighted by Crippen LogP contribution is 2.36. The van der Waals surface area contributed by atoms with E-state index in [0.29, 0.717) is 49.8 Å². The molecule has 2 aliphatic heterocycles. The van der Waals surface area contributed by atoms with Crippen molar-refractivity contribution in [3.63, 3.8) is 0 Å². The van der Waals surface area contributed by atoms with Gasteiger partial charge in [-0.2, -0.15) is 4.31 Å². The number of carbonyl (C=O) groups excluding carboxylic acids is 1. The number of fused-ring (bicyclic) bond motifs is 2. The molecule has 0 bridgehead atoms. The van der Waals surface area contributed by atoms with Crippen molar-refractivity contribution in [2.45, 2.75) is 50.2 Å². The van der Waals surface area contributed by atoms with Crippen LogP contribution in [0.5, 0.6) is 5.75 Å². The van der Waals surface area contributed by atoms with Crippen molar-refractivity contribution >= 4 is 15.9 Å². The molecule has 0 N–H and O–H groups in total. The Balaban J connectivity index is 1.65. The van der Waals surface area contributed by atoms with Gasteiger partial charge >= 0.3 is 0 Å². The van der Waals surface area contributed by atoms with Gasteiger partial charge in [0.2, 0.25) is 10.0 Å². The van der Waals surface area contributed by atoms with E-state index >= 15 is 0 Å². The molecular formula is C22H28N4O4S. The van der Waals surface area contributed by atoms with Crippen LogP contribution in [-0.2, 0) is 10.0 Å². The van der Waals surface area contributed by atoms with Crippen LogP contribution in [0.1, 0.15) is 43.6 Å². The van der Waals surface area contributed by atoms with Crippen molar-refractivity contribution in [3.8, 4) is 5.75 Å². The molecule has 1 aromatic heterocycles. The fourth-order valence-electron chi connectivity index (χ4n) is 4.20. The van der Waals surface area contributed by atoms with Gasteiger partial charge in [-0.05, 0) is 30.9 Å². The van der Waals surface area contributed by atoms with E-state index in [-0.39, 0.29) is 22.9 Å². The van der Waals surface area contributed by atoms with Gasteiger partial charge in [0.05, 0.1) is 12.2 Å². The lowest BCUT2D eigenvalue weighted by molar-refractivity contribution is 0.0749. The van der Waals surface area contributed by atoms with Crippen LogP contribution in [0, 0.1) is 5.92 Å². The third-order valence-electron chi connectivity index (χ3n) is 5.89. The van der Waals surface area contributed by atoms with Gasteiger partial charge in [0.25, 0.3) is 5.91 Å². The molecule has 0 spiro atoms. The average molecular weight is 445 g/mol. The highest BCUT2D eigenvalue weighted by atomic mass is 32.2. The first-order valence-corrected chi connectivity index (χ1v) is 12.1. The molecule has 1 aromatic carbocycles. The van der Waals surface area contributed by atoms with E-state index in [1.54, 1.807) is 33.5 Å². The fraction of sp³-hybridized carbons (Fsp3) is 0.500. The van der Waals surface area contributed by atoms with Gasteiger partial charge in [0, 0.05) is 38.4 Å². The van der Waals surface area contributed by atoms with Gasteiger partial charge in [0.1, 0.15) is 22.4 Å². The predicted molar refractivity (Wildman–Crippen MR) is 115 cm³/mol. The van der Waals surface area contributed by atoms with Gasteiger partial charge in [-0.1, -0.05) is 26.0 Å². The molecule has 0 saturated carbocycles. The Morgan fingerprint density at radius 1 is 1.19 bits per heavy atom. The SMILES string of the molecule is CC(C)CCN1[C@H]2CCN(C(=O)c3cnccn3)CC[C@@H]2Oc2ccccc2S1(=O)=O. The molecule has 166 valence electrons. The van der Waals surface area contributed by atoms with E-state index in [2.05, 4.69) is 23.8 Å². The zero-order valence-electron chi connectivity index (χ0n) is 17.8. The maximum Gasteiger partial charge on any atom is 0.274 e. The van der Waals surface area contributed by atoms with Crippen molar-refractivity contribution in [3.05, 3.63) is 48.5 Å². The van der Waals surface area contributed by atoms with Crippen molar-refractivity contribution < 1.29 is 17.9 Å². The zero-order chi connectivity index (χ0) is 22.0. The summed E-state index contributed by atoms with van der Waals surface area (Å²) in [6.45, 7) is 5.50. The Kier molecular flexibility index (Phi) is 6.24. The van der Waals surface area contributed by atoms with Crippen molar-refractivity contribution in [2.75, 3.05) is 19.6 Å². The summed E-state index contributed by atoms with van der Waals surface area (Å²) in [5.41, 5.74) is 0.292. The minimum atomic E-state index is -3.71. The number of nitrogens with zero attached hydrogens (tertiary/aromatic N) is 4. The first-order valence-electron chi connectivity index (χ1n) is 10.7. The minimum Gasteiger partial charge on any atom is -0.487 e. The Hall–Kier alpha value is -2.52. The number of aromatic nitrogens is 2. The number of sulfonamides is 1. The molecule has 31 heavy (non-hydrogen) atoms. The molecule has 0 unspecified atom stereocenters. The van der Waals surface area contributed by atoms with Crippen molar-refractivity contribution in [2.24, 2.45) is 5.92 Å². The lowest BCUT2D eigenvalue weighted by Gasteiger charge is -2.32. The Morgan fingerprint density at radius 3 is 2.71 bits per heavy atom. The van der Waals surface area contributed by atoms with Crippen LogP contribution in [-0.4, -0.2) is 65.3 Å². The molecule has 8 nitrogen and oxygen atoms in total. The summed E-state index contributed by atoms with van der Waals surface area (Å²) in [6, 6.07) is 6.50. The maximum absolute atomic E-state index is 13.6. The van der Waals surface area contributed by atoms with Crippen molar-refractivity contribution in [1.29, 1.82) is 0 Å². The number of hydrogen-bond acceptors (Lipinski definition) is 6. The van der Waals surface area contributed by atoms with Crippen LogP contribution in [0.4, 0.5) is 0 Å². The van der Waals surface area contributed by atoms with E-state index in [1.165, 1.54) is 18.6 Å². The van der Waals surface area contributed by atoms with Gasteiger partial charge in [-0.15, -0.1) is 0 Å². The van der Waals surface area contributed by atoms with Crippen LogP contribution >= 0.6 is 0 Å². The molecule has 4 rings (SSSR count). The van der Waals surface area contributed by atoms with E-state index in [9.17, 15) is 13.2 Å². The number of amides is 1. The van der Waals surface area contributed by atoms with Crippen LogP contribution in [0.3, 0.4) is 0 Å². The van der Waals surface area contributed by atoms with Crippen LogP contribution in [0.15, 0.2) is 47.8 Å². The molecule has 1 fully saturated rings. The highest BCUT2D eigenvalue weighted by Gasteiger charge is 2.43. The first kappa shape index (κ1) is 21.7. The normalized spacial score (nSPS) is 23.3. The lowest BCUT2D eigenvalue weighted by Crippen LogP contribution is -2.47. The monoisotopic (exact) mass is 444 g/mol. The third kappa shape index (κ3) is 4.43. The molecule has 1 amide bonds. The Morgan fingerprint density at radius 2 is 1.97 bits per heavy atom. The maximum atomic E-state index is 13.6. The lowest BCUT2D eigenvalue weighted by atomic mass is 10.0. The van der Waals surface area contributed by atoms with Gasteiger partial charge in [-0.25, -0.2) is 13.4 Å². The van der Waals surface area contributed by atoms with Crippen LogP contribution < -0.4 is 4.74 Å². The average Bonchev–Trinajstić information content (AvgIpc) is 3.01. The summed E-state index contributed by atoms with van der Waals surface area (Å²) in [6.07, 6.45) is 5.95. The second-order valence-corrected chi connectivity index (χ2v) is 10.3. The number of ether oxygens (including phenoxy) is 1. The predicted octanol–water partition coefficient (Wildman–Crippen LogP) is 2.58.